The van der Waals surface area contributed by atoms with E-state index in [0.717, 1.165) is 0 Å². The number of hydrogen-bond acceptors (Lipinski definition) is 4. The molecule has 104 valence electrons. The topological polar surface area (TPSA) is 87.0 Å². The van der Waals surface area contributed by atoms with E-state index in [0.29, 0.717) is 11.3 Å². The minimum atomic E-state index is -1.08. The predicted octanol–water partition coefficient (Wildman–Crippen LogP) is 2.35. The number of carboxylic acids is 1. The molecule has 1 atom stereocenters. The van der Waals surface area contributed by atoms with E-state index in [4.69, 9.17) is 9.84 Å². The van der Waals surface area contributed by atoms with E-state index in [1.807, 2.05) is 0 Å². The van der Waals surface area contributed by atoms with Crippen LogP contribution in [0.3, 0.4) is 0 Å². The van der Waals surface area contributed by atoms with Gasteiger partial charge in [-0.1, -0.05) is 18.2 Å². The Morgan fingerprint density at radius 2 is 1.70 bits per heavy atom. The Bertz CT molecular complexity index is 591. The molecule has 5 nitrogen and oxygen atoms in total. The highest BCUT2D eigenvalue weighted by atomic mass is 16.5. The third-order valence-corrected chi connectivity index (χ3v) is 2.86. The van der Waals surface area contributed by atoms with Crippen LogP contribution in [0.5, 0.6) is 17.2 Å². The molecule has 0 saturated carbocycles. The van der Waals surface area contributed by atoms with E-state index in [2.05, 4.69) is 0 Å². The molecule has 0 heterocycles. The number of rotatable bonds is 5. The van der Waals surface area contributed by atoms with Crippen LogP contribution < -0.4 is 4.74 Å². The summed E-state index contributed by atoms with van der Waals surface area (Å²) in [6, 6.07) is 12.2. The zero-order valence-electron chi connectivity index (χ0n) is 10.6. The number of carboxylic acid groups (broad SMARTS) is 1. The third kappa shape index (κ3) is 3.20. The van der Waals surface area contributed by atoms with Crippen molar-refractivity contribution >= 4 is 5.97 Å². The summed E-state index contributed by atoms with van der Waals surface area (Å²) in [7, 11) is 0. The second-order valence-corrected chi connectivity index (χ2v) is 4.25. The van der Waals surface area contributed by atoms with Crippen LogP contribution in [-0.2, 0) is 4.79 Å². The maximum absolute atomic E-state index is 11.3. The summed E-state index contributed by atoms with van der Waals surface area (Å²) in [4.78, 5) is 11.3. The Kier molecular flexibility index (Phi) is 4.10. The van der Waals surface area contributed by atoms with Crippen LogP contribution in [0.1, 0.15) is 11.5 Å². The van der Waals surface area contributed by atoms with Gasteiger partial charge in [0.05, 0.1) is 0 Å². The highest BCUT2D eigenvalue weighted by Gasteiger charge is 2.23. The first-order valence-electron chi connectivity index (χ1n) is 6.00. The minimum absolute atomic E-state index is 0.0748. The Balaban J connectivity index is 2.13. The Morgan fingerprint density at radius 1 is 1.05 bits per heavy atom. The van der Waals surface area contributed by atoms with Crippen molar-refractivity contribution in [3.8, 4) is 17.2 Å². The molecule has 5 heteroatoms. The van der Waals surface area contributed by atoms with Gasteiger partial charge in [0.2, 0.25) is 0 Å². The molecule has 0 amide bonds. The summed E-state index contributed by atoms with van der Waals surface area (Å²) >= 11 is 0. The fourth-order valence-electron chi connectivity index (χ4n) is 1.80. The maximum Gasteiger partial charge on any atom is 0.314 e. The number of para-hydroxylation sites is 1. The Hall–Kier alpha value is -2.69. The average Bonchev–Trinajstić information content (AvgIpc) is 2.42. The Morgan fingerprint density at radius 3 is 2.30 bits per heavy atom. The van der Waals surface area contributed by atoms with Crippen molar-refractivity contribution in [3.63, 3.8) is 0 Å². The molecule has 0 aliphatic carbocycles. The lowest BCUT2D eigenvalue weighted by molar-refractivity contribution is -0.139. The van der Waals surface area contributed by atoms with Crippen molar-refractivity contribution in [1.29, 1.82) is 0 Å². The number of aliphatic carboxylic acids is 1. The molecule has 2 aromatic carbocycles. The molecule has 2 rings (SSSR count). The first kappa shape index (κ1) is 13.7. The van der Waals surface area contributed by atoms with Gasteiger partial charge in [0.25, 0.3) is 0 Å². The normalized spacial score (nSPS) is 11.8. The standard InChI is InChI=1S/C15H14O5/c16-10-5-7-11(8-6-10)20-9-13(15(18)19)12-3-1-2-4-14(12)17/h1-8,13,16-17H,9H2,(H,18,19). The van der Waals surface area contributed by atoms with E-state index in [1.165, 1.54) is 18.2 Å². The van der Waals surface area contributed by atoms with Crippen molar-refractivity contribution in [2.45, 2.75) is 5.92 Å². The van der Waals surface area contributed by atoms with Crippen molar-refractivity contribution in [1.82, 2.24) is 0 Å². The summed E-state index contributed by atoms with van der Waals surface area (Å²) in [6.45, 7) is -0.113. The molecule has 0 aliphatic heterocycles. The second kappa shape index (κ2) is 5.97. The van der Waals surface area contributed by atoms with Crippen LogP contribution in [-0.4, -0.2) is 27.9 Å². The zero-order chi connectivity index (χ0) is 14.5. The molecule has 0 radical (unpaired) electrons. The number of hydrogen-bond donors (Lipinski definition) is 3. The van der Waals surface area contributed by atoms with Gasteiger partial charge in [-0.05, 0) is 30.3 Å². The second-order valence-electron chi connectivity index (χ2n) is 4.25. The predicted molar refractivity (Wildman–Crippen MR) is 72.1 cm³/mol. The van der Waals surface area contributed by atoms with Crippen molar-refractivity contribution in [3.05, 3.63) is 54.1 Å². The number of benzene rings is 2. The van der Waals surface area contributed by atoms with Crippen molar-refractivity contribution < 1.29 is 24.9 Å². The van der Waals surface area contributed by atoms with Gasteiger partial charge in [-0.3, -0.25) is 4.79 Å². The number of ether oxygens (including phenoxy) is 1. The van der Waals surface area contributed by atoms with E-state index in [-0.39, 0.29) is 18.1 Å². The van der Waals surface area contributed by atoms with Gasteiger partial charge >= 0.3 is 5.97 Å². The summed E-state index contributed by atoms with van der Waals surface area (Å²) in [5.74, 6) is -1.57. The molecule has 20 heavy (non-hydrogen) atoms. The van der Waals surface area contributed by atoms with E-state index in [9.17, 15) is 15.0 Å². The van der Waals surface area contributed by atoms with Crippen LogP contribution >= 0.6 is 0 Å². The zero-order valence-corrected chi connectivity index (χ0v) is 10.6. The smallest absolute Gasteiger partial charge is 0.314 e. The third-order valence-electron chi connectivity index (χ3n) is 2.86. The number of phenolic OH excluding ortho intramolecular Hbond substituents is 2. The largest absolute Gasteiger partial charge is 0.508 e. The first-order chi connectivity index (χ1) is 9.58. The van der Waals surface area contributed by atoms with Gasteiger partial charge in [-0.2, -0.15) is 0 Å². The Labute approximate surface area is 115 Å². The quantitative estimate of drug-likeness (QED) is 0.779. The fourth-order valence-corrected chi connectivity index (χ4v) is 1.80. The lowest BCUT2D eigenvalue weighted by Gasteiger charge is -2.15. The van der Waals surface area contributed by atoms with Crippen molar-refractivity contribution in [2.24, 2.45) is 0 Å². The number of carbonyl (C=O) groups is 1. The SMILES string of the molecule is O=C(O)C(COc1ccc(O)cc1)c1ccccc1O. The number of phenols is 2. The van der Waals surface area contributed by atoms with E-state index in [1.54, 1.807) is 30.3 Å². The fraction of sp³-hybridized carbons (Fsp3) is 0.133. The molecule has 2 aromatic rings. The lowest BCUT2D eigenvalue weighted by atomic mass is 9.99. The average molecular weight is 274 g/mol. The molecule has 0 aromatic heterocycles. The van der Waals surface area contributed by atoms with Gasteiger partial charge in [0.15, 0.2) is 0 Å². The van der Waals surface area contributed by atoms with Crippen LogP contribution in [0, 0.1) is 0 Å². The first-order valence-corrected chi connectivity index (χ1v) is 6.00. The van der Waals surface area contributed by atoms with Crippen LogP contribution in [0.4, 0.5) is 0 Å². The molecular weight excluding hydrogens is 260 g/mol. The van der Waals surface area contributed by atoms with Gasteiger partial charge < -0.3 is 20.1 Å². The number of aromatic hydroxyl groups is 2. The van der Waals surface area contributed by atoms with Gasteiger partial charge in [0, 0.05) is 5.56 Å². The molecule has 0 saturated heterocycles. The molecule has 0 fully saturated rings. The molecule has 1 unspecified atom stereocenters. The monoisotopic (exact) mass is 274 g/mol. The van der Waals surface area contributed by atoms with Crippen molar-refractivity contribution in [2.75, 3.05) is 6.61 Å². The lowest BCUT2D eigenvalue weighted by Crippen LogP contribution is -2.19. The van der Waals surface area contributed by atoms with E-state index >= 15 is 0 Å². The summed E-state index contributed by atoms with van der Waals surface area (Å²) in [5, 5.41) is 28.1. The molecule has 0 spiro atoms. The molecular formula is C15H14O5. The van der Waals surface area contributed by atoms with Gasteiger partial charge in [-0.25, -0.2) is 0 Å². The maximum atomic E-state index is 11.3. The van der Waals surface area contributed by atoms with Crippen LogP contribution in [0.15, 0.2) is 48.5 Å². The van der Waals surface area contributed by atoms with Crippen LogP contribution in [0.25, 0.3) is 0 Å². The summed E-state index contributed by atoms with van der Waals surface area (Å²) < 4.78 is 5.39. The minimum Gasteiger partial charge on any atom is -0.508 e. The molecule has 0 bridgehead atoms. The van der Waals surface area contributed by atoms with Gasteiger partial charge in [-0.15, -0.1) is 0 Å². The summed E-state index contributed by atoms with van der Waals surface area (Å²) in [5.41, 5.74) is 0.304. The molecule has 0 aliphatic rings. The summed E-state index contributed by atoms with van der Waals surface area (Å²) in [6.07, 6.45) is 0. The van der Waals surface area contributed by atoms with Crippen LogP contribution in [0.2, 0.25) is 0 Å². The highest BCUT2D eigenvalue weighted by molar-refractivity contribution is 5.77. The van der Waals surface area contributed by atoms with Gasteiger partial charge in [0.1, 0.15) is 29.8 Å². The van der Waals surface area contributed by atoms with E-state index < -0.39 is 11.9 Å². The molecule has 3 N–H and O–H groups in total. The highest BCUT2D eigenvalue weighted by Crippen LogP contribution is 2.27.